The lowest BCUT2D eigenvalue weighted by Crippen LogP contribution is -2.36. The Hall–Kier alpha value is -3.17. The molecule has 1 fully saturated rings. The van der Waals surface area contributed by atoms with Gasteiger partial charge in [-0.05, 0) is 29.8 Å². The van der Waals surface area contributed by atoms with Crippen molar-refractivity contribution in [1.29, 1.82) is 0 Å². The Morgan fingerprint density at radius 1 is 1.16 bits per heavy atom. The van der Waals surface area contributed by atoms with Gasteiger partial charge in [-0.25, -0.2) is 14.2 Å². The zero-order valence-corrected chi connectivity index (χ0v) is 18.7. The van der Waals surface area contributed by atoms with Crippen molar-refractivity contribution in [3.63, 3.8) is 0 Å². The molecule has 4 rings (SSSR count). The zero-order chi connectivity index (χ0) is 22.3. The largest absolute Gasteiger partial charge is 0.378 e. The predicted octanol–water partition coefficient (Wildman–Crippen LogP) is 3.35. The Bertz CT molecular complexity index is 1120. The van der Waals surface area contributed by atoms with Crippen molar-refractivity contribution in [3.05, 3.63) is 64.5 Å². The van der Waals surface area contributed by atoms with E-state index in [2.05, 4.69) is 44.8 Å². The molecule has 2 amide bonds. The molecule has 2 heterocycles. The maximum Gasteiger partial charge on any atom is 0.314 e. The number of hydrogen-bond acceptors (Lipinski definition) is 5. The number of thiazole rings is 1. The monoisotopic (exact) mass is 455 g/mol. The molecule has 32 heavy (non-hydrogen) atoms. The number of hydrogen-bond donors (Lipinski definition) is 2. The van der Waals surface area contributed by atoms with Gasteiger partial charge in [-0.3, -0.25) is 0 Å². The molecule has 0 saturated carbocycles. The van der Waals surface area contributed by atoms with Crippen molar-refractivity contribution < 1.29 is 13.9 Å². The molecule has 3 aromatic rings. The molecule has 0 bridgehead atoms. The maximum absolute atomic E-state index is 14.2. The number of aromatic nitrogens is 1. The highest BCUT2D eigenvalue weighted by Gasteiger charge is 2.13. The molecule has 2 aromatic carbocycles. The molecular weight excluding hydrogens is 429 g/mol. The summed E-state index contributed by atoms with van der Waals surface area (Å²) in [4.78, 5) is 19.1. The average Bonchev–Trinajstić information content (AvgIpc) is 3.23. The molecule has 1 aliphatic heterocycles. The van der Waals surface area contributed by atoms with Crippen LogP contribution in [-0.4, -0.2) is 50.5 Å². The average molecular weight is 456 g/mol. The lowest BCUT2D eigenvalue weighted by atomic mass is 10.1. The summed E-state index contributed by atoms with van der Waals surface area (Å²) in [6, 6.07) is 14.6. The maximum atomic E-state index is 14.2. The van der Waals surface area contributed by atoms with Crippen LogP contribution in [0.5, 0.6) is 0 Å². The van der Waals surface area contributed by atoms with Crippen LogP contribution in [0.1, 0.15) is 0 Å². The number of carbonyl (C=O) groups excluding carboxylic acids is 1. The minimum Gasteiger partial charge on any atom is -0.378 e. The fourth-order valence-electron chi connectivity index (χ4n) is 3.55. The number of rotatable bonds is 6. The van der Waals surface area contributed by atoms with Gasteiger partial charge in [-0.15, -0.1) is 11.3 Å². The van der Waals surface area contributed by atoms with Crippen molar-refractivity contribution in [2.24, 2.45) is 4.99 Å². The molecule has 0 atom stereocenters. The smallest absolute Gasteiger partial charge is 0.314 e. The van der Waals surface area contributed by atoms with Crippen LogP contribution in [0.4, 0.5) is 20.6 Å². The third-order valence-electron chi connectivity index (χ3n) is 5.25. The van der Waals surface area contributed by atoms with Crippen molar-refractivity contribution in [3.8, 4) is 11.3 Å². The van der Waals surface area contributed by atoms with Crippen molar-refractivity contribution in [2.45, 2.75) is 6.54 Å². The second kappa shape index (κ2) is 10.4. The second-order valence-corrected chi connectivity index (χ2v) is 8.11. The molecule has 0 aliphatic carbocycles. The van der Waals surface area contributed by atoms with Gasteiger partial charge in [0, 0.05) is 44.3 Å². The molecule has 7 nitrogen and oxygen atoms in total. The van der Waals surface area contributed by atoms with Gasteiger partial charge >= 0.3 is 6.03 Å². The number of urea groups is 1. The number of morpholine rings is 1. The number of benzene rings is 2. The summed E-state index contributed by atoms with van der Waals surface area (Å²) in [6.07, 6.45) is 0. The summed E-state index contributed by atoms with van der Waals surface area (Å²) in [5.74, 6) is -0.368. The number of amides is 2. The first-order valence-corrected chi connectivity index (χ1v) is 11.4. The number of nitrogens with one attached hydrogen (secondary N) is 2. The van der Waals surface area contributed by atoms with Crippen LogP contribution in [0, 0.1) is 5.82 Å². The van der Waals surface area contributed by atoms with E-state index in [1.807, 2.05) is 9.95 Å². The van der Waals surface area contributed by atoms with E-state index in [-0.39, 0.29) is 17.5 Å². The number of carbonyl (C=O) groups is 1. The minimum atomic E-state index is -0.368. The molecule has 1 saturated heterocycles. The van der Waals surface area contributed by atoms with E-state index in [0.717, 1.165) is 43.2 Å². The van der Waals surface area contributed by atoms with E-state index in [1.165, 1.54) is 17.4 Å². The summed E-state index contributed by atoms with van der Waals surface area (Å²) in [5, 5.41) is 7.37. The van der Waals surface area contributed by atoms with E-state index in [4.69, 9.17) is 4.74 Å². The van der Waals surface area contributed by atoms with E-state index < -0.39 is 0 Å². The van der Waals surface area contributed by atoms with E-state index in [0.29, 0.717) is 17.9 Å². The number of nitrogens with zero attached hydrogens (tertiary/aromatic N) is 3. The van der Waals surface area contributed by atoms with Crippen LogP contribution < -0.4 is 20.3 Å². The van der Waals surface area contributed by atoms with E-state index in [1.54, 1.807) is 25.2 Å². The Morgan fingerprint density at radius 2 is 1.91 bits per heavy atom. The van der Waals surface area contributed by atoms with Crippen molar-refractivity contribution in [1.82, 2.24) is 15.2 Å². The van der Waals surface area contributed by atoms with E-state index >= 15 is 0 Å². The molecule has 0 radical (unpaired) electrons. The third-order valence-corrected chi connectivity index (χ3v) is 6.12. The van der Waals surface area contributed by atoms with Crippen LogP contribution >= 0.6 is 11.3 Å². The molecule has 168 valence electrons. The highest BCUT2D eigenvalue weighted by atomic mass is 32.1. The number of para-hydroxylation sites is 1. The highest BCUT2D eigenvalue weighted by Crippen LogP contribution is 2.25. The van der Waals surface area contributed by atoms with Gasteiger partial charge in [0.2, 0.25) is 0 Å². The first-order chi connectivity index (χ1) is 15.7. The summed E-state index contributed by atoms with van der Waals surface area (Å²) in [5.41, 5.74) is 3.46. The fraction of sp³-hybridized carbons (Fsp3) is 0.304. The number of anilines is 1. The minimum absolute atomic E-state index is 0.246. The van der Waals surface area contributed by atoms with Crippen LogP contribution in [0.3, 0.4) is 0 Å². The molecule has 1 aromatic heterocycles. The molecule has 0 unspecified atom stereocenters. The van der Waals surface area contributed by atoms with Crippen molar-refractivity contribution in [2.75, 3.05) is 44.8 Å². The lowest BCUT2D eigenvalue weighted by Gasteiger charge is -2.28. The SMILES string of the molecule is CNC(=O)NCCn1c(-c2ccc(N3CCOCC3)cc2)csc1=Nc1ccccc1F. The Morgan fingerprint density at radius 3 is 2.62 bits per heavy atom. The van der Waals surface area contributed by atoms with E-state index in [9.17, 15) is 9.18 Å². The molecule has 2 N–H and O–H groups in total. The third kappa shape index (κ3) is 5.17. The highest BCUT2D eigenvalue weighted by molar-refractivity contribution is 7.07. The molecule has 1 aliphatic rings. The first kappa shape index (κ1) is 22.0. The second-order valence-electron chi connectivity index (χ2n) is 7.27. The zero-order valence-electron chi connectivity index (χ0n) is 17.9. The van der Waals surface area contributed by atoms with Crippen LogP contribution in [0.15, 0.2) is 58.9 Å². The van der Waals surface area contributed by atoms with Gasteiger partial charge in [-0.2, -0.15) is 0 Å². The van der Waals surface area contributed by atoms with Gasteiger partial charge in [-0.1, -0.05) is 24.3 Å². The van der Waals surface area contributed by atoms with Gasteiger partial charge in [0.1, 0.15) is 11.5 Å². The normalized spacial score (nSPS) is 14.4. The lowest BCUT2D eigenvalue weighted by molar-refractivity contribution is 0.122. The molecule has 9 heteroatoms. The van der Waals surface area contributed by atoms with Crippen LogP contribution in [0.25, 0.3) is 11.3 Å². The summed E-state index contributed by atoms with van der Waals surface area (Å²) < 4.78 is 21.6. The summed E-state index contributed by atoms with van der Waals surface area (Å²) in [7, 11) is 1.58. The first-order valence-electron chi connectivity index (χ1n) is 10.5. The molecule has 0 spiro atoms. The quantitative estimate of drug-likeness (QED) is 0.599. The predicted molar refractivity (Wildman–Crippen MR) is 125 cm³/mol. The van der Waals surface area contributed by atoms with Crippen LogP contribution in [0.2, 0.25) is 0 Å². The fourth-order valence-corrected chi connectivity index (χ4v) is 4.49. The number of halogens is 1. The van der Waals surface area contributed by atoms with Gasteiger partial charge in [0.05, 0.1) is 18.9 Å². The Labute approximate surface area is 190 Å². The van der Waals surface area contributed by atoms with Gasteiger partial charge < -0.3 is 24.8 Å². The van der Waals surface area contributed by atoms with Gasteiger partial charge in [0.15, 0.2) is 4.80 Å². The van der Waals surface area contributed by atoms with Crippen LogP contribution in [-0.2, 0) is 11.3 Å². The topological polar surface area (TPSA) is 70.9 Å². The number of ether oxygens (including phenoxy) is 1. The van der Waals surface area contributed by atoms with Crippen molar-refractivity contribution >= 4 is 28.7 Å². The Kier molecular flexibility index (Phi) is 7.18. The standard InChI is InChI=1S/C23H26FN5O2S/c1-25-22(30)26-10-11-29-21(16-32-23(29)27-20-5-3-2-4-19(20)24)17-6-8-18(9-7-17)28-12-14-31-15-13-28/h2-9,16H,10-15H2,1H3,(H2,25,26,30). The summed E-state index contributed by atoms with van der Waals surface area (Å²) in [6.45, 7) is 4.17. The summed E-state index contributed by atoms with van der Waals surface area (Å²) >= 11 is 1.45. The molecular formula is C23H26FN5O2S. The Balaban J connectivity index is 1.65. The van der Waals surface area contributed by atoms with Gasteiger partial charge in [0.25, 0.3) is 0 Å².